The number of rotatable bonds is 8. The van der Waals surface area contributed by atoms with E-state index < -0.39 is 36.4 Å². The maximum absolute atomic E-state index is 13.0. The van der Waals surface area contributed by atoms with Crippen LogP contribution in [-0.2, 0) is 16.1 Å². The van der Waals surface area contributed by atoms with Crippen molar-refractivity contribution >= 4 is 11.9 Å². The van der Waals surface area contributed by atoms with Crippen LogP contribution in [0.5, 0.6) is 11.5 Å². The van der Waals surface area contributed by atoms with Crippen LogP contribution in [-0.4, -0.2) is 48.8 Å². The predicted octanol–water partition coefficient (Wildman–Crippen LogP) is 3.10. The molecule has 0 spiro atoms. The molecule has 1 aromatic carbocycles. The Morgan fingerprint density at radius 3 is 1.96 bits per heavy atom. The summed E-state index contributed by atoms with van der Waals surface area (Å²) in [5.41, 5.74) is -1.80. The Balaban J connectivity index is 3.08. The lowest BCUT2D eigenvalue weighted by atomic mass is 9.88. The van der Waals surface area contributed by atoms with Crippen molar-refractivity contribution in [3.63, 3.8) is 0 Å². The van der Waals surface area contributed by atoms with Crippen molar-refractivity contribution in [2.45, 2.75) is 33.0 Å². The molecule has 0 aliphatic rings. The van der Waals surface area contributed by atoms with Crippen LogP contribution in [0.3, 0.4) is 0 Å². The number of hydrogen-bond acceptors (Lipinski definition) is 4. The smallest absolute Gasteiger partial charge is 0.394 e. The Hall–Kier alpha value is -2.45. The lowest BCUT2D eigenvalue weighted by Gasteiger charge is -2.30. The highest BCUT2D eigenvalue weighted by atomic mass is 19.4. The Bertz CT molecular complexity index is 636. The second kappa shape index (κ2) is 8.29. The highest BCUT2D eigenvalue weighted by molar-refractivity contribution is 5.81. The number of methoxy groups -OCH3 is 2. The molecule has 6 nitrogen and oxygen atoms in total. The second-order valence-electron chi connectivity index (χ2n) is 6.42. The number of carboxylic acids is 1. The Morgan fingerprint density at radius 2 is 1.58 bits per heavy atom. The van der Waals surface area contributed by atoms with Gasteiger partial charge in [0.1, 0.15) is 18.0 Å². The van der Waals surface area contributed by atoms with Crippen LogP contribution in [0.15, 0.2) is 18.2 Å². The van der Waals surface area contributed by atoms with Gasteiger partial charge in [-0.3, -0.25) is 9.59 Å². The molecule has 0 aliphatic heterocycles. The van der Waals surface area contributed by atoms with Gasteiger partial charge in [-0.2, -0.15) is 13.2 Å². The van der Waals surface area contributed by atoms with Crippen LogP contribution in [0.4, 0.5) is 13.2 Å². The number of alkyl halides is 3. The standard InChI is InChI=1S/C17H22F3NO5/c1-16(2,17(18,19)20)8-14(22)21(10-15(23)24)9-11-5-12(25-3)7-13(6-11)26-4/h5-7H,8-10H2,1-4H3,(H,23,24). The molecule has 0 saturated heterocycles. The summed E-state index contributed by atoms with van der Waals surface area (Å²) in [4.78, 5) is 24.3. The molecule has 0 atom stereocenters. The summed E-state index contributed by atoms with van der Waals surface area (Å²) in [6.45, 7) is 0.899. The molecule has 146 valence electrons. The third-order valence-electron chi connectivity index (χ3n) is 3.82. The van der Waals surface area contributed by atoms with Gasteiger partial charge in [0.15, 0.2) is 0 Å². The Morgan fingerprint density at radius 1 is 1.08 bits per heavy atom. The number of carbonyl (C=O) groups excluding carboxylic acids is 1. The highest BCUT2D eigenvalue weighted by Gasteiger charge is 2.48. The van der Waals surface area contributed by atoms with E-state index in [1.54, 1.807) is 18.2 Å². The van der Waals surface area contributed by atoms with E-state index in [0.717, 1.165) is 18.7 Å². The molecule has 0 bridgehead atoms. The summed E-state index contributed by atoms with van der Waals surface area (Å²) in [7, 11) is 2.84. The van der Waals surface area contributed by atoms with Gasteiger partial charge < -0.3 is 19.5 Å². The van der Waals surface area contributed by atoms with E-state index >= 15 is 0 Å². The SMILES string of the molecule is COc1cc(CN(CC(=O)O)C(=O)CC(C)(C)C(F)(F)F)cc(OC)c1. The van der Waals surface area contributed by atoms with Crippen LogP contribution in [0, 0.1) is 5.41 Å². The van der Waals surface area contributed by atoms with E-state index in [0.29, 0.717) is 17.1 Å². The van der Waals surface area contributed by atoms with Gasteiger partial charge >= 0.3 is 12.1 Å². The fourth-order valence-electron chi connectivity index (χ4n) is 2.16. The average molecular weight is 377 g/mol. The topological polar surface area (TPSA) is 76.1 Å². The first kappa shape index (κ1) is 21.6. The van der Waals surface area contributed by atoms with Crippen molar-refractivity contribution < 1.29 is 37.3 Å². The quantitative estimate of drug-likeness (QED) is 0.753. The lowest BCUT2D eigenvalue weighted by molar-refractivity contribution is -0.215. The van der Waals surface area contributed by atoms with E-state index in [4.69, 9.17) is 14.6 Å². The van der Waals surface area contributed by atoms with Crippen LogP contribution >= 0.6 is 0 Å². The molecule has 0 heterocycles. The molecule has 1 amide bonds. The molecular weight excluding hydrogens is 355 g/mol. The Labute approximate surface area is 149 Å². The maximum atomic E-state index is 13.0. The van der Waals surface area contributed by atoms with Crippen molar-refractivity contribution in [3.05, 3.63) is 23.8 Å². The molecule has 1 aromatic rings. The zero-order valence-electron chi connectivity index (χ0n) is 15.0. The zero-order chi connectivity index (χ0) is 20.1. The monoisotopic (exact) mass is 377 g/mol. The van der Waals surface area contributed by atoms with Gasteiger partial charge in [0.2, 0.25) is 5.91 Å². The number of benzene rings is 1. The summed E-state index contributed by atoms with van der Waals surface area (Å²) in [5, 5.41) is 9.01. The van der Waals surface area contributed by atoms with Crippen molar-refractivity contribution in [2.24, 2.45) is 5.41 Å². The first-order valence-electron chi connectivity index (χ1n) is 7.68. The zero-order valence-corrected chi connectivity index (χ0v) is 15.0. The number of halogens is 3. The molecule has 0 saturated carbocycles. The van der Waals surface area contributed by atoms with Gasteiger partial charge in [0.05, 0.1) is 19.6 Å². The van der Waals surface area contributed by atoms with Crippen LogP contribution < -0.4 is 9.47 Å². The van der Waals surface area contributed by atoms with Crippen LogP contribution in [0.25, 0.3) is 0 Å². The maximum Gasteiger partial charge on any atom is 0.394 e. The summed E-state index contributed by atoms with van der Waals surface area (Å²) < 4.78 is 49.3. The van der Waals surface area contributed by atoms with Gasteiger partial charge in [-0.15, -0.1) is 0 Å². The summed E-state index contributed by atoms with van der Waals surface area (Å²) in [5.74, 6) is -1.40. The summed E-state index contributed by atoms with van der Waals surface area (Å²) in [6, 6.07) is 4.69. The van der Waals surface area contributed by atoms with E-state index in [2.05, 4.69) is 0 Å². The molecule has 0 fully saturated rings. The fraction of sp³-hybridized carbons (Fsp3) is 0.529. The third-order valence-corrected chi connectivity index (χ3v) is 3.82. The van der Waals surface area contributed by atoms with Crippen molar-refractivity contribution in [2.75, 3.05) is 20.8 Å². The predicted molar refractivity (Wildman–Crippen MR) is 87.1 cm³/mol. The van der Waals surface area contributed by atoms with Crippen molar-refractivity contribution in [1.29, 1.82) is 0 Å². The fourth-order valence-corrected chi connectivity index (χ4v) is 2.16. The molecule has 0 aromatic heterocycles. The first-order chi connectivity index (χ1) is 11.9. The third kappa shape index (κ3) is 5.82. The number of carboxylic acid groups (broad SMARTS) is 1. The molecule has 0 aliphatic carbocycles. The van der Waals surface area contributed by atoms with E-state index in [1.807, 2.05) is 0 Å². The lowest BCUT2D eigenvalue weighted by Crippen LogP contribution is -2.41. The van der Waals surface area contributed by atoms with Gasteiger partial charge in [0.25, 0.3) is 0 Å². The molecule has 1 rings (SSSR count). The molecule has 0 unspecified atom stereocenters. The second-order valence-corrected chi connectivity index (χ2v) is 6.42. The average Bonchev–Trinajstić information content (AvgIpc) is 2.51. The minimum absolute atomic E-state index is 0.188. The minimum Gasteiger partial charge on any atom is -0.497 e. The summed E-state index contributed by atoms with van der Waals surface area (Å²) >= 11 is 0. The van der Waals surface area contributed by atoms with Gasteiger partial charge in [-0.1, -0.05) is 13.8 Å². The number of carbonyl (C=O) groups is 2. The van der Waals surface area contributed by atoms with E-state index in [9.17, 15) is 22.8 Å². The number of nitrogens with zero attached hydrogens (tertiary/aromatic N) is 1. The number of aliphatic carboxylic acids is 1. The van der Waals surface area contributed by atoms with Crippen molar-refractivity contribution in [1.82, 2.24) is 4.90 Å². The van der Waals surface area contributed by atoms with Gasteiger partial charge in [0, 0.05) is 19.0 Å². The normalized spacial score (nSPS) is 11.8. The van der Waals surface area contributed by atoms with E-state index in [-0.39, 0.29) is 6.54 Å². The van der Waals surface area contributed by atoms with Crippen molar-refractivity contribution in [3.8, 4) is 11.5 Å². The highest BCUT2D eigenvalue weighted by Crippen LogP contribution is 2.40. The summed E-state index contributed by atoms with van der Waals surface area (Å²) in [6.07, 6.45) is -5.44. The molecular formula is C17H22F3NO5. The van der Waals surface area contributed by atoms with Gasteiger partial charge in [-0.05, 0) is 17.7 Å². The first-order valence-corrected chi connectivity index (χ1v) is 7.68. The van der Waals surface area contributed by atoms with Gasteiger partial charge in [-0.25, -0.2) is 0 Å². The number of amides is 1. The van der Waals surface area contributed by atoms with Crippen LogP contribution in [0.1, 0.15) is 25.8 Å². The van der Waals surface area contributed by atoms with E-state index in [1.165, 1.54) is 14.2 Å². The largest absolute Gasteiger partial charge is 0.497 e. The minimum atomic E-state index is -4.59. The molecule has 0 radical (unpaired) electrons. The number of ether oxygens (including phenoxy) is 2. The molecule has 1 N–H and O–H groups in total. The number of hydrogen-bond donors (Lipinski definition) is 1. The molecule has 26 heavy (non-hydrogen) atoms. The Kier molecular flexibility index (Phi) is 6.88. The molecule has 9 heteroatoms. The van der Waals surface area contributed by atoms with Crippen LogP contribution in [0.2, 0.25) is 0 Å².